The highest BCUT2D eigenvalue weighted by Crippen LogP contribution is 2.43. The van der Waals surface area contributed by atoms with E-state index in [9.17, 15) is 9.59 Å². The van der Waals surface area contributed by atoms with Gasteiger partial charge >= 0.3 is 0 Å². The van der Waals surface area contributed by atoms with E-state index < -0.39 is 4.87 Å². The minimum atomic E-state index is -0.814. The predicted octanol–water partition coefficient (Wildman–Crippen LogP) is 5.23. The molecule has 4 rings (SSSR count). The van der Waals surface area contributed by atoms with Crippen LogP contribution in [-0.4, -0.2) is 26.6 Å². The van der Waals surface area contributed by atoms with Gasteiger partial charge in [0.15, 0.2) is 5.78 Å². The van der Waals surface area contributed by atoms with Gasteiger partial charge in [-0.2, -0.15) is 5.10 Å². The van der Waals surface area contributed by atoms with Crippen molar-refractivity contribution < 1.29 is 9.59 Å². The molecule has 0 saturated carbocycles. The summed E-state index contributed by atoms with van der Waals surface area (Å²) in [6.45, 7) is 1.90. The van der Waals surface area contributed by atoms with Crippen LogP contribution in [0.25, 0.3) is 0 Å². The van der Waals surface area contributed by atoms with E-state index in [0.29, 0.717) is 11.1 Å². The summed E-state index contributed by atoms with van der Waals surface area (Å²) >= 11 is 1.45. The first kappa shape index (κ1) is 19.2. The number of rotatable bonds is 5. The molecular formula is C24H20N2O2S. The summed E-state index contributed by atoms with van der Waals surface area (Å²) in [6.07, 6.45) is 0.167. The van der Waals surface area contributed by atoms with Gasteiger partial charge in [-0.1, -0.05) is 90.6 Å². The average molecular weight is 401 g/mol. The molecular weight excluding hydrogens is 380 g/mol. The number of thioether (sulfide) groups is 1. The van der Waals surface area contributed by atoms with E-state index in [1.165, 1.54) is 16.8 Å². The van der Waals surface area contributed by atoms with Crippen LogP contribution in [0.4, 0.5) is 0 Å². The Hall–Kier alpha value is -3.18. The van der Waals surface area contributed by atoms with Crippen LogP contribution in [0, 0.1) is 0 Å². The van der Waals surface area contributed by atoms with Gasteiger partial charge in [0.25, 0.3) is 5.91 Å². The van der Waals surface area contributed by atoms with Crippen molar-refractivity contribution in [1.29, 1.82) is 0 Å². The van der Waals surface area contributed by atoms with Gasteiger partial charge in [-0.3, -0.25) is 9.59 Å². The minimum absolute atomic E-state index is 0.0176. The summed E-state index contributed by atoms with van der Waals surface area (Å²) in [5, 5.41) is 6.85. The van der Waals surface area contributed by atoms with Gasteiger partial charge in [0, 0.05) is 23.1 Å². The number of hydrazone groups is 1. The lowest BCUT2D eigenvalue weighted by Crippen LogP contribution is -2.42. The van der Waals surface area contributed by atoms with Crippen LogP contribution in [0.3, 0.4) is 0 Å². The van der Waals surface area contributed by atoms with E-state index in [1.807, 2.05) is 73.7 Å². The molecule has 0 unspecified atom stereocenters. The molecule has 3 aromatic rings. The monoisotopic (exact) mass is 400 g/mol. The topological polar surface area (TPSA) is 49.7 Å². The van der Waals surface area contributed by atoms with E-state index in [-0.39, 0.29) is 18.1 Å². The molecule has 1 amide bonds. The second kappa shape index (κ2) is 8.05. The fourth-order valence-corrected chi connectivity index (χ4v) is 4.47. The number of hydrogen-bond donors (Lipinski definition) is 0. The molecule has 1 heterocycles. The zero-order valence-corrected chi connectivity index (χ0v) is 16.8. The maximum atomic E-state index is 13.3. The molecule has 1 aliphatic heterocycles. The normalized spacial score (nSPS) is 18.4. The molecule has 0 aromatic heterocycles. The second-order valence-electron chi connectivity index (χ2n) is 7.00. The van der Waals surface area contributed by atoms with Crippen molar-refractivity contribution in [3.05, 3.63) is 108 Å². The summed E-state index contributed by atoms with van der Waals surface area (Å²) < 4.78 is 0. The Morgan fingerprint density at radius 1 is 0.828 bits per heavy atom. The van der Waals surface area contributed by atoms with Gasteiger partial charge in [0.2, 0.25) is 0 Å². The number of ketones is 1. The quantitative estimate of drug-likeness (QED) is 0.551. The zero-order chi connectivity index (χ0) is 20.3. The first-order valence-electron chi connectivity index (χ1n) is 9.38. The lowest BCUT2D eigenvalue weighted by atomic mass is 10.0. The molecule has 4 nitrogen and oxygen atoms in total. The smallest absolute Gasteiger partial charge is 0.275 e. The Labute approximate surface area is 174 Å². The fraction of sp³-hybridized carbons (Fsp3) is 0.125. The molecule has 0 radical (unpaired) electrons. The molecule has 5 heteroatoms. The molecule has 144 valence electrons. The summed E-state index contributed by atoms with van der Waals surface area (Å²) in [6, 6.07) is 27.9. The van der Waals surface area contributed by atoms with Crippen LogP contribution < -0.4 is 0 Å². The standard InChI is InChI=1S/C24H20N2O2S/c1-24(17-21(27)18-11-5-2-6-12-18)26(23(28)20-15-9-4-10-16-20)25-22(29-24)19-13-7-3-8-14-19/h2-16H,17H2,1H3/t24-/m1/s1. The summed E-state index contributed by atoms with van der Waals surface area (Å²) in [5.41, 5.74) is 2.11. The molecule has 1 aliphatic rings. The van der Waals surface area contributed by atoms with Crippen LogP contribution in [0.1, 0.15) is 39.6 Å². The third kappa shape index (κ3) is 4.00. The van der Waals surface area contributed by atoms with Crippen LogP contribution in [0.15, 0.2) is 96.1 Å². The molecule has 0 fully saturated rings. The molecule has 0 spiro atoms. The number of carbonyl (C=O) groups is 2. The van der Waals surface area contributed by atoms with E-state index in [1.54, 1.807) is 24.3 Å². The zero-order valence-electron chi connectivity index (χ0n) is 16.0. The van der Waals surface area contributed by atoms with E-state index >= 15 is 0 Å². The molecule has 0 N–H and O–H groups in total. The maximum Gasteiger partial charge on any atom is 0.275 e. The first-order valence-corrected chi connectivity index (χ1v) is 10.2. The SMILES string of the molecule is C[C@]1(CC(=O)c2ccccc2)SC(c2ccccc2)=NN1C(=O)c1ccccc1. The number of nitrogens with zero attached hydrogens (tertiary/aromatic N) is 2. The van der Waals surface area contributed by atoms with Crippen LogP contribution in [0.5, 0.6) is 0 Å². The minimum Gasteiger partial charge on any atom is -0.294 e. The van der Waals surface area contributed by atoms with Crippen molar-refractivity contribution in [2.45, 2.75) is 18.2 Å². The highest BCUT2D eigenvalue weighted by atomic mass is 32.2. The third-order valence-corrected chi connectivity index (χ3v) is 6.04. The van der Waals surface area contributed by atoms with Crippen molar-refractivity contribution in [2.75, 3.05) is 0 Å². The highest BCUT2D eigenvalue weighted by Gasteiger charge is 2.45. The van der Waals surface area contributed by atoms with Gasteiger partial charge in [-0.15, -0.1) is 0 Å². The average Bonchev–Trinajstić information content (AvgIpc) is 3.12. The Balaban J connectivity index is 1.69. The predicted molar refractivity (Wildman–Crippen MR) is 117 cm³/mol. The maximum absolute atomic E-state index is 13.3. The lowest BCUT2D eigenvalue weighted by Gasteiger charge is -2.31. The molecule has 0 saturated heterocycles. The van der Waals surface area contributed by atoms with Crippen LogP contribution in [0.2, 0.25) is 0 Å². The molecule has 0 bridgehead atoms. The summed E-state index contributed by atoms with van der Waals surface area (Å²) in [5.74, 6) is -0.233. The Morgan fingerprint density at radius 2 is 1.34 bits per heavy atom. The van der Waals surface area contributed by atoms with E-state index in [2.05, 4.69) is 5.10 Å². The van der Waals surface area contributed by atoms with Crippen molar-refractivity contribution in [3.63, 3.8) is 0 Å². The molecule has 0 aliphatic carbocycles. The van der Waals surface area contributed by atoms with Crippen LogP contribution >= 0.6 is 11.8 Å². The lowest BCUT2D eigenvalue weighted by molar-refractivity contribution is 0.0650. The first-order chi connectivity index (χ1) is 14.1. The Bertz CT molecular complexity index is 1050. The number of Topliss-reactive ketones (excluding diaryl/α,β-unsaturated/α-hetero) is 1. The van der Waals surface area contributed by atoms with Gasteiger partial charge in [-0.05, 0) is 19.1 Å². The van der Waals surface area contributed by atoms with E-state index in [0.717, 1.165) is 10.6 Å². The van der Waals surface area contributed by atoms with Gasteiger partial charge in [-0.25, -0.2) is 5.01 Å². The number of benzene rings is 3. The molecule has 29 heavy (non-hydrogen) atoms. The summed E-state index contributed by atoms with van der Waals surface area (Å²) in [4.78, 5) is 25.4. The molecule has 1 atom stereocenters. The molecule has 3 aromatic carbocycles. The van der Waals surface area contributed by atoms with Crippen molar-refractivity contribution in [1.82, 2.24) is 5.01 Å². The number of hydrogen-bond acceptors (Lipinski definition) is 4. The second-order valence-corrected chi connectivity index (χ2v) is 8.47. The van der Waals surface area contributed by atoms with Crippen LogP contribution in [-0.2, 0) is 0 Å². The summed E-state index contributed by atoms with van der Waals surface area (Å²) in [7, 11) is 0. The highest BCUT2D eigenvalue weighted by molar-refractivity contribution is 8.15. The number of carbonyl (C=O) groups excluding carboxylic acids is 2. The van der Waals surface area contributed by atoms with Crippen molar-refractivity contribution in [3.8, 4) is 0 Å². The van der Waals surface area contributed by atoms with E-state index in [4.69, 9.17) is 0 Å². The van der Waals surface area contributed by atoms with Crippen molar-refractivity contribution in [2.24, 2.45) is 5.10 Å². The Morgan fingerprint density at radius 3 is 1.93 bits per heavy atom. The number of amides is 1. The Kier molecular flexibility index (Phi) is 5.32. The largest absolute Gasteiger partial charge is 0.294 e. The van der Waals surface area contributed by atoms with Crippen molar-refractivity contribution >= 4 is 28.5 Å². The van der Waals surface area contributed by atoms with Gasteiger partial charge in [0.05, 0.1) is 0 Å². The third-order valence-electron chi connectivity index (χ3n) is 4.77. The fourth-order valence-electron chi connectivity index (χ4n) is 3.26. The van der Waals surface area contributed by atoms with Gasteiger partial charge < -0.3 is 0 Å². The van der Waals surface area contributed by atoms with Gasteiger partial charge in [0.1, 0.15) is 9.91 Å².